The third kappa shape index (κ3) is 4.86. The van der Waals surface area contributed by atoms with Gasteiger partial charge in [0.2, 0.25) is 0 Å². The molecule has 0 nitrogen and oxygen atoms in total. The van der Waals surface area contributed by atoms with Gasteiger partial charge in [0.05, 0.1) is 5.41 Å². The first-order chi connectivity index (χ1) is 28.3. The standard InChI is InChI=1S/C55H36Br4/c1-53(2)45-21-29(5-13-37(45)39-17-9-33(56)25-47(39)53)31-7-15-41-43-19-11-35(58)27-51(43)55(49(41)23-31)50-24-32(8-16-42(50)44-20-12-36(59)28-52(44)55)30-6-14-38-40-18-10-34(57)26-48(40)54(3,4)46(38)22-30/h5-28H,1-4H3. The maximum Gasteiger partial charge on any atom is 0.0726 e. The Balaban J connectivity index is 1.08. The van der Waals surface area contributed by atoms with Crippen molar-refractivity contribution in [3.8, 4) is 66.8 Å². The molecule has 4 heteroatoms. The van der Waals surface area contributed by atoms with Gasteiger partial charge in [-0.1, -0.05) is 164 Å². The van der Waals surface area contributed by atoms with E-state index >= 15 is 0 Å². The fourth-order valence-corrected chi connectivity index (χ4v) is 12.8. The van der Waals surface area contributed by atoms with Crippen LogP contribution < -0.4 is 0 Å². The summed E-state index contributed by atoms with van der Waals surface area (Å²) >= 11 is 15.4. The van der Waals surface area contributed by atoms with E-state index in [-0.39, 0.29) is 10.8 Å². The van der Waals surface area contributed by atoms with Gasteiger partial charge < -0.3 is 0 Å². The Hall–Kier alpha value is -4.32. The first-order valence-electron chi connectivity index (χ1n) is 20.2. The van der Waals surface area contributed by atoms with Crippen LogP contribution in [0.2, 0.25) is 0 Å². The molecule has 0 aliphatic heterocycles. The number of hydrogen-bond donors (Lipinski definition) is 0. The zero-order valence-electron chi connectivity index (χ0n) is 32.9. The summed E-state index contributed by atoms with van der Waals surface area (Å²) in [5.41, 5.74) is 25.5. The topological polar surface area (TPSA) is 0 Å². The molecule has 0 N–H and O–H groups in total. The van der Waals surface area contributed by atoms with Gasteiger partial charge in [0.15, 0.2) is 0 Å². The maximum atomic E-state index is 3.93. The van der Waals surface area contributed by atoms with Crippen LogP contribution in [-0.4, -0.2) is 0 Å². The van der Waals surface area contributed by atoms with Crippen molar-refractivity contribution in [2.75, 3.05) is 0 Å². The van der Waals surface area contributed by atoms with E-state index < -0.39 is 5.41 Å². The molecule has 0 heterocycles. The molecular formula is C55H36Br4. The Labute approximate surface area is 379 Å². The Morgan fingerprint density at radius 3 is 0.763 bits per heavy atom. The Morgan fingerprint density at radius 2 is 0.458 bits per heavy atom. The minimum absolute atomic E-state index is 0.108. The fourth-order valence-electron chi connectivity index (χ4n) is 11.3. The summed E-state index contributed by atoms with van der Waals surface area (Å²) in [6, 6.07) is 56.0. The van der Waals surface area contributed by atoms with Crippen LogP contribution in [0.15, 0.2) is 163 Å². The highest BCUT2D eigenvalue weighted by Crippen LogP contribution is 2.64. The first-order valence-corrected chi connectivity index (χ1v) is 23.3. The molecular weight excluding hydrogens is 980 g/mol. The highest BCUT2D eigenvalue weighted by Gasteiger charge is 2.52. The van der Waals surface area contributed by atoms with Crippen molar-refractivity contribution >= 4 is 63.7 Å². The lowest BCUT2D eigenvalue weighted by molar-refractivity contribution is 0.660. The van der Waals surface area contributed by atoms with Gasteiger partial charge in [-0.15, -0.1) is 0 Å². The third-order valence-electron chi connectivity index (χ3n) is 14.1. The molecule has 8 aromatic rings. The summed E-state index contributed by atoms with van der Waals surface area (Å²) in [6.07, 6.45) is 0. The smallest absolute Gasteiger partial charge is 0.0537 e. The van der Waals surface area contributed by atoms with E-state index in [1.54, 1.807) is 0 Å². The number of benzene rings is 8. The number of fused-ring (bicyclic) bond motifs is 16. The van der Waals surface area contributed by atoms with Crippen molar-refractivity contribution in [1.82, 2.24) is 0 Å². The second-order valence-electron chi connectivity index (χ2n) is 17.8. The highest BCUT2D eigenvalue weighted by molar-refractivity contribution is 9.11. The second-order valence-corrected chi connectivity index (χ2v) is 21.5. The molecule has 59 heavy (non-hydrogen) atoms. The number of halogens is 4. The van der Waals surface area contributed by atoms with E-state index in [2.05, 4.69) is 237 Å². The van der Waals surface area contributed by atoms with Crippen molar-refractivity contribution in [2.45, 2.75) is 43.9 Å². The van der Waals surface area contributed by atoms with Gasteiger partial charge >= 0.3 is 0 Å². The summed E-state index contributed by atoms with van der Waals surface area (Å²) in [7, 11) is 0. The average Bonchev–Trinajstić information content (AvgIpc) is 3.83. The van der Waals surface area contributed by atoms with Crippen LogP contribution in [0, 0.1) is 0 Å². The molecule has 0 unspecified atom stereocenters. The van der Waals surface area contributed by atoms with Gasteiger partial charge in [-0.3, -0.25) is 0 Å². The highest BCUT2D eigenvalue weighted by atomic mass is 79.9. The van der Waals surface area contributed by atoms with Crippen LogP contribution in [0.4, 0.5) is 0 Å². The van der Waals surface area contributed by atoms with E-state index in [4.69, 9.17) is 0 Å². The van der Waals surface area contributed by atoms with Crippen molar-refractivity contribution in [3.05, 3.63) is 208 Å². The van der Waals surface area contributed by atoms with Crippen LogP contribution >= 0.6 is 63.7 Å². The van der Waals surface area contributed by atoms with E-state index in [0.717, 1.165) is 17.9 Å². The molecule has 0 aromatic heterocycles. The lowest BCUT2D eigenvalue weighted by atomic mass is 9.70. The normalized spacial score (nSPS) is 15.9. The van der Waals surface area contributed by atoms with Crippen LogP contribution in [0.5, 0.6) is 0 Å². The maximum absolute atomic E-state index is 3.93. The predicted octanol–water partition coefficient (Wildman–Crippen LogP) is 17.0. The van der Waals surface area contributed by atoms with Crippen molar-refractivity contribution in [1.29, 1.82) is 0 Å². The molecule has 4 aliphatic rings. The van der Waals surface area contributed by atoms with Crippen LogP contribution in [-0.2, 0) is 16.2 Å². The van der Waals surface area contributed by atoms with Gasteiger partial charge in [0, 0.05) is 28.7 Å². The molecule has 0 bridgehead atoms. The van der Waals surface area contributed by atoms with Crippen molar-refractivity contribution < 1.29 is 0 Å². The van der Waals surface area contributed by atoms with Gasteiger partial charge in [-0.25, -0.2) is 0 Å². The molecule has 0 atom stereocenters. The predicted molar refractivity (Wildman–Crippen MR) is 260 cm³/mol. The van der Waals surface area contributed by atoms with Gasteiger partial charge in [0.1, 0.15) is 0 Å². The summed E-state index contributed by atoms with van der Waals surface area (Å²) in [6.45, 7) is 9.45. The van der Waals surface area contributed by atoms with Gasteiger partial charge in [-0.05, 0) is 184 Å². The van der Waals surface area contributed by atoms with E-state index in [1.807, 2.05) is 0 Å². The molecule has 284 valence electrons. The number of hydrogen-bond acceptors (Lipinski definition) is 0. The zero-order valence-corrected chi connectivity index (χ0v) is 39.2. The van der Waals surface area contributed by atoms with Crippen LogP contribution in [0.3, 0.4) is 0 Å². The lowest BCUT2D eigenvalue weighted by Crippen LogP contribution is -2.26. The van der Waals surface area contributed by atoms with Crippen LogP contribution in [0.1, 0.15) is 72.2 Å². The fraction of sp³-hybridized carbons (Fsp3) is 0.127. The van der Waals surface area contributed by atoms with Gasteiger partial charge in [-0.2, -0.15) is 0 Å². The lowest BCUT2D eigenvalue weighted by Gasteiger charge is -2.31. The summed E-state index contributed by atoms with van der Waals surface area (Å²) in [5, 5.41) is 0. The van der Waals surface area contributed by atoms with Crippen molar-refractivity contribution in [2.24, 2.45) is 0 Å². The second kappa shape index (κ2) is 12.4. The van der Waals surface area contributed by atoms with Crippen LogP contribution in [0.25, 0.3) is 66.8 Å². The quantitative estimate of drug-likeness (QED) is 0.162. The molecule has 0 radical (unpaired) electrons. The molecule has 4 aliphatic carbocycles. The molecule has 12 rings (SSSR count). The summed E-state index contributed by atoms with van der Waals surface area (Å²) in [5.74, 6) is 0. The average molecular weight is 1020 g/mol. The molecule has 8 aromatic carbocycles. The Morgan fingerprint density at radius 1 is 0.254 bits per heavy atom. The Kier molecular flexibility index (Phi) is 7.67. The molecule has 1 spiro atoms. The van der Waals surface area contributed by atoms with E-state index in [9.17, 15) is 0 Å². The third-order valence-corrected chi connectivity index (χ3v) is 16.1. The number of rotatable bonds is 2. The molecule has 0 saturated carbocycles. The van der Waals surface area contributed by atoms with E-state index in [0.29, 0.717) is 0 Å². The molecule has 0 fully saturated rings. The first kappa shape index (κ1) is 36.5. The minimum atomic E-state index is -0.522. The summed E-state index contributed by atoms with van der Waals surface area (Å²) < 4.78 is 4.42. The molecule has 0 saturated heterocycles. The van der Waals surface area contributed by atoms with Gasteiger partial charge in [0.25, 0.3) is 0 Å². The SMILES string of the molecule is CC1(C)c2cc(Br)ccc2-c2ccc(-c3ccc4c(c3)C3(c5cc(Br)ccc5-4)c4cc(Br)ccc4-c4ccc(-c5ccc6c(c5)C(C)(C)c5cc(Br)ccc5-6)cc43)cc21. The Bertz CT molecular complexity index is 3000. The largest absolute Gasteiger partial charge is 0.0726 e. The zero-order chi connectivity index (χ0) is 40.3. The minimum Gasteiger partial charge on any atom is -0.0537 e. The van der Waals surface area contributed by atoms with Crippen molar-refractivity contribution in [3.63, 3.8) is 0 Å². The monoisotopic (exact) mass is 1010 g/mol. The van der Waals surface area contributed by atoms with E-state index in [1.165, 1.54) is 111 Å². The summed E-state index contributed by atoms with van der Waals surface area (Å²) in [4.78, 5) is 0. The molecule has 0 amide bonds.